The Hall–Kier alpha value is -2.36. The first-order chi connectivity index (χ1) is 10.9. The maximum Gasteiger partial charge on any atom is 0.150 e. The van der Waals surface area contributed by atoms with Crippen LogP contribution < -0.4 is 16.2 Å². The van der Waals surface area contributed by atoms with Gasteiger partial charge in [0.15, 0.2) is 0 Å². The molecule has 0 saturated carbocycles. The van der Waals surface area contributed by atoms with Crippen LogP contribution in [0.3, 0.4) is 0 Å². The van der Waals surface area contributed by atoms with E-state index in [1.54, 1.807) is 24.3 Å². The summed E-state index contributed by atoms with van der Waals surface area (Å²) in [6, 6.07) is 8.90. The molecule has 0 aliphatic rings. The van der Waals surface area contributed by atoms with Crippen LogP contribution in [0.5, 0.6) is 17.2 Å². The second-order valence-electron chi connectivity index (χ2n) is 8.26. The highest BCUT2D eigenvalue weighted by Gasteiger charge is 2.26. The Bertz CT molecular complexity index is 753. The van der Waals surface area contributed by atoms with Crippen molar-refractivity contribution in [3.05, 3.63) is 41.5 Å². The zero-order valence-electron chi connectivity index (χ0n) is 15.4. The number of nitrogen functional groups attached to an aromatic ring is 2. The van der Waals surface area contributed by atoms with Gasteiger partial charge in [-0.2, -0.15) is 0 Å². The Balaban J connectivity index is 2.61. The van der Waals surface area contributed by atoms with Crippen LogP contribution in [0.1, 0.15) is 52.7 Å². The van der Waals surface area contributed by atoms with Gasteiger partial charge in [-0.05, 0) is 41.2 Å². The minimum absolute atomic E-state index is 0.189. The van der Waals surface area contributed by atoms with Crippen molar-refractivity contribution in [1.82, 2.24) is 0 Å². The quantitative estimate of drug-likeness (QED) is 0.682. The number of ether oxygens (including phenoxy) is 1. The molecule has 0 atom stereocenters. The van der Waals surface area contributed by atoms with Gasteiger partial charge in [-0.15, -0.1) is 0 Å². The summed E-state index contributed by atoms with van der Waals surface area (Å²) in [6.07, 6.45) is 0. The number of anilines is 2. The molecular weight excluding hydrogens is 300 g/mol. The highest BCUT2D eigenvalue weighted by atomic mass is 16.5. The first-order valence-electron chi connectivity index (χ1n) is 8.10. The molecule has 0 aliphatic carbocycles. The molecule has 24 heavy (non-hydrogen) atoms. The Morgan fingerprint density at radius 3 is 1.88 bits per heavy atom. The lowest BCUT2D eigenvalue weighted by atomic mass is 9.81. The van der Waals surface area contributed by atoms with Crippen molar-refractivity contribution in [3.8, 4) is 17.2 Å². The minimum Gasteiger partial charge on any atom is -0.508 e. The Kier molecular flexibility index (Phi) is 4.44. The largest absolute Gasteiger partial charge is 0.508 e. The van der Waals surface area contributed by atoms with Gasteiger partial charge in [0, 0.05) is 16.8 Å². The van der Waals surface area contributed by atoms with Crippen molar-refractivity contribution in [3.63, 3.8) is 0 Å². The molecule has 0 radical (unpaired) electrons. The third-order valence-corrected chi connectivity index (χ3v) is 3.97. The lowest BCUT2D eigenvalue weighted by Crippen LogP contribution is -2.16. The van der Waals surface area contributed by atoms with E-state index in [1.807, 2.05) is 6.07 Å². The summed E-state index contributed by atoms with van der Waals surface area (Å²) < 4.78 is 6.12. The summed E-state index contributed by atoms with van der Waals surface area (Å²) in [6.45, 7) is 12.4. The first kappa shape index (κ1) is 18.0. The standard InChI is InChI=1S/C20H28N2O2/c1-19(2,3)13-11-18(14(10-16(13)23)20(4,5)6)24-17-8-7-12(21)9-15(17)22/h7-11,23H,21-22H2,1-6H3. The first-order valence-corrected chi connectivity index (χ1v) is 8.10. The fourth-order valence-electron chi connectivity index (χ4n) is 2.62. The van der Waals surface area contributed by atoms with Crippen LogP contribution in [0.2, 0.25) is 0 Å². The highest BCUT2D eigenvalue weighted by Crippen LogP contribution is 2.43. The van der Waals surface area contributed by atoms with E-state index < -0.39 is 0 Å². The van der Waals surface area contributed by atoms with Gasteiger partial charge in [-0.1, -0.05) is 41.5 Å². The summed E-state index contributed by atoms with van der Waals surface area (Å²) in [4.78, 5) is 0. The van der Waals surface area contributed by atoms with Crippen molar-refractivity contribution in [2.75, 3.05) is 11.5 Å². The monoisotopic (exact) mass is 328 g/mol. The van der Waals surface area contributed by atoms with E-state index in [2.05, 4.69) is 41.5 Å². The summed E-state index contributed by atoms with van der Waals surface area (Å²) >= 11 is 0. The predicted molar refractivity (Wildman–Crippen MR) is 101 cm³/mol. The normalized spacial score (nSPS) is 12.2. The van der Waals surface area contributed by atoms with Crippen molar-refractivity contribution < 1.29 is 9.84 Å². The second-order valence-corrected chi connectivity index (χ2v) is 8.26. The fraction of sp³-hybridized carbons (Fsp3) is 0.400. The molecule has 2 aromatic rings. The third kappa shape index (κ3) is 3.75. The van der Waals surface area contributed by atoms with Gasteiger partial charge in [0.05, 0.1) is 5.69 Å². The molecule has 2 rings (SSSR count). The molecule has 0 fully saturated rings. The van der Waals surface area contributed by atoms with Crippen LogP contribution in [0.15, 0.2) is 30.3 Å². The smallest absolute Gasteiger partial charge is 0.150 e. The number of phenols is 1. The van der Waals surface area contributed by atoms with E-state index in [9.17, 15) is 5.11 Å². The molecule has 130 valence electrons. The van der Waals surface area contributed by atoms with E-state index in [0.717, 1.165) is 11.1 Å². The maximum absolute atomic E-state index is 10.5. The summed E-state index contributed by atoms with van der Waals surface area (Å²) in [7, 11) is 0. The van der Waals surface area contributed by atoms with Crippen LogP contribution >= 0.6 is 0 Å². The number of aromatic hydroxyl groups is 1. The maximum atomic E-state index is 10.5. The number of hydrogen-bond acceptors (Lipinski definition) is 4. The Labute approximate surface area is 144 Å². The van der Waals surface area contributed by atoms with E-state index in [0.29, 0.717) is 22.9 Å². The molecule has 4 heteroatoms. The van der Waals surface area contributed by atoms with Crippen molar-refractivity contribution in [1.29, 1.82) is 0 Å². The number of phenolic OH excluding ortho intramolecular Hbond substituents is 1. The molecule has 0 amide bonds. The van der Waals surface area contributed by atoms with Crippen molar-refractivity contribution in [2.24, 2.45) is 0 Å². The Morgan fingerprint density at radius 2 is 1.38 bits per heavy atom. The van der Waals surface area contributed by atoms with E-state index in [-0.39, 0.29) is 16.6 Å². The van der Waals surface area contributed by atoms with E-state index in [1.165, 1.54) is 0 Å². The molecule has 0 heterocycles. The molecule has 4 nitrogen and oxygen atoms in total. The minimum atomic E-state index is -0.203. The summed E-state index contributed by atoms with van der Waals surface area (Å²) in [5.41, 5.74) is 14.2. The van der Waals surface area contributed by atoms with Gasteiger partial charge in [0.25, 0.3) is 0 Å². The van der Waals surface area contributed by atoms with Gasteiger partial charge in [-0.3, -0.25) is 0 Å². The lowest BCUT2D eigenvalue weighted by Gasteiger charge is -2.27. The zero-order chi connectivity index (χ0) is 18.3. The number of hydrogen-bond donors (Lipinski definition) is 3. The molecule has 5 N–H and O–H groups in total. The molecule has 0 aliphatic heterocycles. The van der Waals surface area contributed by atoms with E-state index >= 15 is 0 Å². The van der Waals surface area contributed by atoms with Gasteiger partial charge in [0.2, 0.25) is 0 Å². The second kappa shape index (κ2) is 5.93. The van der Waals surface area contributed by atoms with Gasteiger partial charge < -0.3 is 21.3 Å². The van der Waals surface area contributed by atoms with E-state index in [4.69, 9.17) is 16.2 Å². The fourth-order valence-corrected chi connectivity index (χ4v) is 2.62. The SMILES string of the molecule is CC(C)(C)c1cc(Oc2ccc(N)cc2N)c(C(C)(C)C)cc1O. The summed E-state index contributed by atoms with van der Waals surface area (Å²) in [5, 5.41) is 10.5. The topological polar surface area (TPSA) is 81.5 Å². The average Bonchev–Trinajstić information content (AvgIpc) is 2.40. The van der Waals surface area contributed by atoms with Crippen LogP contribution in [-0.2, 0) is 10.8 Å². The van der Waals surface area contributed by atoms with Crippen LogP contribution in [0.4, 0.5) is 11.4 Å². The van der Waals surface area contributed by atoms with Crippen molar-refractivity contribution in [2.45, 2.75) is 52.4 Å². The number of benzene rings is 2. The molecular formula is C20H28N2O2. The molecule has 0 aromatic heterocycles. The van der Waals surface area contributed by atoms with Gasteiger partial charge in [-0.25, -0.2) is 0 Å². The number of rotatable bonds is 2. The Morgan fingerprint density at radius 1 is 0.792 bits per heavy atom. The number of nitrogens with two attached hydrogens (primary N) is 2. The molecule has 0 bridgehead atoms. The third-order valence-electron chi connectivity index (χ3n) is 3.97. The predicted octanol–water partition coefficient (Wildman–Crippen LogP) is 4.94. The summed E-state index contributed by atoms with van der Waals surface area (Å²) in [5.74, 6) is 1.53. The molecule has 0 unspecified atom stereocenters. The average molecular weight is 328 g/mol. The van der Waals surface area contributed by atoms with Gasteiger partial charge >= 0.3 is 0 Å². The van der Waals surface area contributed by atoms with Crippen LogP contribution in [-0.4, -0.2) is 5.11 Å². The highest BCUT2D eigenvalue weighted by molar-refractivity contribution is 5.62. The van der Waals surface area contributed by atoms with Crippen molar-refractivity contribution >= 4 is 11.4 Å². The molecule has 0 spiro atoms. The van der Waals surface area contributed by atoms with Gasteiger partial charge in [0.1, 0.15) is 17.2 Å². The molecule has 2 aromatic carbocycles. The van der Waals surface area contributed by atoms with Crippen LogP contribution in [0, 0.1) is 0 Å². The molecule has 0 saturated heterocycles. The van der Waals surface area contributed by atoms with Crippen LogP contribution in [0.25, 0.3) is 0 Å². The lowest BCUT2D eigenvalue weighted by molar-refractivity contribution is 0.424. The zero-order valence-corrected chi connectivity index (χ0v) is 15.4.